The summed E-state index contributed by atoms with van der Waals surface area (Å²) in [6.45, 7) is 1.43. The first-order valence-corrected chi connectivity index (χ1v) is 6.69. The maximum Gasteiger partial charge on any atom is 0.356 e. The van der Waals surface area contributed by atoms with Crippen molar-refractivity contribution in [1.29, 1.82) is 0 Å². The van der Waals surface area contributed by atoms with E-state index in [1.165, 1.54) is 0 Å². The van der Waals surface area contributed by atoms with Crippen LogP contribution in [0.4, 0.5) is 5.82 Å². The number of hydrogen-bond acceptors (Lipinski definition) is 4. The first-order chi connectivity index (χ1) is 9.68. The molecule has 0 amide bonds. The van der Waals surface area contributed by atoms with Crippen molar-refractivity contribution in [2.24, 2.45) is 0 Å². The number of carboxylic acid groups (broad SMARTS) is 1. The van der Waals surface area contributed by atoms with Gasteiger partial charge in [-0.3, -0.25) is 4.40 Å². The fourth-order valence-electron chi connectivity index (χ4n) is 2.67. The number of anilines is 1. The van der Waals surface area contributed by atoms with Crippen molar-refractivity contribution in [2.75, 3.05) is 25.2 Å². The Kier molecular flexibility index (Phi) is 3.31. The normalized spacial score (nSPS) is 16.4. The summed E-state index contributed by atoms with van der Waals surface area (Å²) >= 11 is 0. The average molecular weight is 275 g/mol. The molecule has 2 aromatic heterocycles. The lowest BCUT2D eigenvalue weighted by Gasteiger charge is -2.31. The van der Waals surface area contributed by atoms with Crippen LogP contribution in [0.5, 0.6) is 0 Å². The van der Waals surface area contributed by atoms with Crippen LogP contribution in [0.15, 0.2) is 24.4 Å². The Morgan fingerprint density at radius 1 is 1.45 bits per heavy atom. The molecule has 1 aliphatic heterocycles. The second kappa shape index (κ2) is 5.13. The Hall–Kier alpha value is -2.08. The van der Waals surface area contributed by atoms with Crippen LogP contribution in [0.2, 0.25) is 0 Å². The topological polar surface area (TPSA) is 67.1 Å². The minimum Gasteiger partial charge on any atom is -0.476 e. The molecular weight excluding hydrogens is 258 g/mol. The molecule has 3 heterocycles. The highest BCUT2D eigenvalue weighted by Crippen LogP contribution is 2.25. The molecule has 6 heteroatoms. The highest BCUT2D eigenvalue weighted by molar-refractivity contribution is 5.93. The number of imidazole rings is 1. The molecular formula is C14H17N3O3. The van der Waals surface area contributed by atoms with Crippen molar-refractivity contribution in [3.63, 3.8) is 0 Å². The van der Waals surface area contributed by atoms with Crippen molar-refractivity contribution >= 4 is 17.4 Å². The Labute approximate surface area is 116 Å². The maximum absolute atomic E-state index is 11.6. The number of rotatable bonds is 3. The molecule has 20 heavy (non-hydrogen) atoms. The minimum atomic E-state index is -0.961. The van der Waals surface area contributed by atoms with Crippen LogP contribution >= 0.6 is 0 Å². The third-order valence-electron chi connectivity index (χ3n) is 3.79. The van der Waals surface area contributed by atoms with Crippen LogP contribution in [-0.2, 0) is 4.74 Å². The number of ether oxygens (including phenoxy) is 1. The van der Waals surface area contributed by atoms with Gasteiger partial charge in [0.2, 0.25) is 0 Å². The van der Waals surface area contributed by atoms with Crippen LogP contribution < -0.4 is 4.90 Å². The monoisotopic (exact) mass is 275 g/mol. The van der Waals surface area contributed by atoms with E-state index in [9.17, 15) is 9.90 Å². The SMILES string of the molecule is CN(c1nc2ccccn2c1C(=O)O)C1CCOCC1. The Balaban J connectivity index is 2.05. The van der Waals surface area contributed by atoms with Gasteiger partial charge >= 0.3 is 5.97 Å². The van der Waals surface area contributed by atoms with Crippen LogP contribution in [-0.4, -0.2) is 46.8 Å². The number of nitrogens with zero attached hydrogens (tertiary/aromatic N) is 3. The average Bonchev–Trinajstić information content (AvgIpc) is 2.86. The van der Waals surface area contributed by atoms with E-state index in [0.29, 0.717) is 24.7 Å². The van der Waals surface area contributed by atoms with Crippen LogP contribution in [0.1, 0.15) is 23.3 Å². The molecule has 1 fully saturated rings. The summed E-state index contributed by atoms with van der Waals surface area (Å²) in [7, 11) is 1.91. The molecule has 2 aromatic rings. The second-order valence-corrected chi connectivity index (χ2v) is 4.97. The molecule has 0 atom stereocenters. The van der Waals surface area contributed by atoms with Crippen molar-refractivity contribution in [3.05, 3.63) is 30.1 Å². The maximum atomic E-state index is 11.6. The van der Waals surface area contributed by atoms with Gasteiger partial charge < -0.3 is 14.7 Å². The lowest BCUT2D eigenvalue weighted by atomic mass is 10.1. The number of hydrogen-bond donors (Lipinski definition) is 1. The highest BCUT2D eigenvalue weighted by atomic mass is 16.5. The number of aromatic nitrogens is 2. The van der Waals surface area contributed by atoms with E-state index < -0.39 is 5.97 Å². The highest BCUT2D eigenvalue weighted by Gasteiger charge is 2.26. The summed E-state index contributed by atoms with van der Waals surface area (Å²) < 4.78 is 6.97. The number of aromatic carboxylic acids is 1. The Morgan fingerprint density at radius 2 is 2.20 bits per heavy atom. The van der Waals surface area contributed by atoms with E-state index in [4.69, 9.17) is 4.74 Å². The van der Waals surface area contributed by atoms with Gasteiger partial charge in [0.15, 0.2) is 11.5 Å². The predicted octanol–water partition coefficient (Wildman–Crippen LogP) is 1.65. The van der Waals surface area contributed by atoms with Gasteiger partial charge in [-0.1, -0.05) is 6.07 Å². The summed E-state index contributed by atoms with van der Waals surface area (Å²) in [5, 5.41) is 9.49. The van der Waals surface area contributed by atoms with E-state index in [1.54, 1.807) is 16.7 Å². The van der Waals surface area contributed by atoms with Gasteiger partial charge in [0.05, 0.1) is 0 Å². The number of carbonyl (C=O) groups is 1. The second-order valence-electron chi connectivity index (χ2n) is 4.97. The minimum absolute atomic E-state index is 0.217. The number of carboxylic acids is 1. The molecule has 0 spiro atoms. The van der Waals surface area contributed by atoms with Crippen molar-refractivity contribution < 1.29 is 14.6 Å². The molecule has 0 unspecified atom stereocenters. The van der Waals surface area contributed by atoms with Crippen molar-refractivity contribution in [3.8, 4) is 0 Å². The van der Waals surface area contributed by atoms with Gasteiger partial charge in [-0.25, -0.2) is 9.78 Å². The van der Waals surface area contributed by atoms with Gasteiger partial charge in [-0.15, -0.1) is 0 Å². The van der Waals surface area contributed by atoms with E-state index in [2.05, 4.69) is 4.98 Å². The first-order valence-electron chi connectivity index (χ1n) is 6.69. The molecule has 1 aliphatic rings. The molecule has 3 rings (SSSR count). The summed E-state index contributed by atoms with van der Waals surface area (Å²) in [5.41, 5.74) is 0.869. The summed E-state index contributed by atoms with van der Waals surface area (Å²) in [4.78, 5) is 18.0. The molecule has 0 bridgehead atoms. The van der Waals surface area contributed by atoms with Gasteiger partial charge in [0.25, 0.3) is 0 Å². The fourth-order valence-corrected chi connectivity index (χ4v) is 2.67. The molecule has 0 aliphatic carbocycles. The zero-order chi connectivity index (χ0) is 14.1. The quantitative estimate of drug-likeness (QED) is 0.922. The third-order valence-corrected chi connectivity index (χ3v) is 3.79. The van der Waals surface area contributed by atoms with Crippen LogP contribution in [0.25, 0.3) is 5.65 Å². The number of fused-ring (bicyclic) bond motifs is 1. The zero-order valence-electron chi connectivity index (χ0n) is 11.3. The zero-order valence-corrected chi connectivity index (χ0v) is 11.3. The molecule has 0 radical (unpaired) electrons. The lowest BCUT2D eigenvalue weighted by molar-refractivity contribution is 0.0689. The fraction of sp³-hybridized carbons (Fsp3) is 0.429. The summed E-state index contributed by atoms with van der Waals surface area (Å²) in [6, 6.07) is 5.74. The molecule has 0 saturated carbocycles. The van der Waals surface area contributed by atoms with Crippen molar-refractivity contribution in [1.82, 2.24) is 9.38 Å². The number of pyridine rings is 1. The van der Waals surface area contributed by atoms with Gasteiger partial charge in [-0.05, 0) is 25.0 Å². The van der Waals surface area contributed by atoms with Gasteiger partial charge in [0.1, 0.15) is 5.65 Å². The van der Waals surface area contributed by atoms with E-state index in [-0.39, 0.29) is 11.7 Å². The molecule has 106 valence electrons. The Bertz CT molecular complexity index is 632. The molecule has 1 N–H and O–H groups in total. The summed E-state index contributed by atoms with van der Waals surface area (Å²) in [6.07, 6.45) is 3.51. The summed E-state index contributed by atoms with van der Waals surface area (Å²) in [5.74, 6) is -0.437. The molecule has 6 nitrogen and oxygen atoms in total. The molecule has 1 saturated heterocycles. The lowest BCUT2D eigenvalue weighted by Crippen LogP contribution is -2.37. The predicted molar refractivity (Wildman–Crippen MR) is 74.4 cm³/mol. The van der Waals surface area contributed by atoms with Crippen LogP contribution in [0, 0.1) is 0 Å². The largest absolute Gasteiger partial charge is 0.476 e. The Morgan fingerprint density at radius 3 is 2.90 bits per heavy atom. The van der Waals surface area contributed by atoms with E-state index >= 15 is 0 Å². The smallest absolute Gasteiger partial charge is 0.356 e. The first kappa shape index (κ1) is 12.9. The van der Waals surface area contributed by atoms with Gasteiger partial charge in [0, 0.05) is 32.5 Å². The standard InChI is InChI=1S/C14H17N3O3/c1-16(10-5-8-20-9-6-10)13-12(14(18)19)17-7-3-2-4-11(17)15-13/h2-4,7,10H,5-6,8-9H2,1H3,(H,18,19). The van der Waals surface area contributed by atoms with Gasteiger partial charge in [-0.2, -0.15) is 0 Å². The van der Waals surface area contributed by atoms with E-state index in [0.717, 1.165) is 12.8 Å². The van der Waals surface area contributed by atoms with Crippen LogP contribution in [0.3, 0.4) is 0 Å². The third kappa shape index (κ3) is 2.12. The van der Waals surface area contributed by atoms with Crippen molar-refractivity contribution in [2.45, 2.75) is 18.9 Å². The van der Waals surface area contributed by atoms with E-state index in [1.807, 2.05) is 24.1 Å². The molecule has 0 aromatic carbocycles.